The van der Waals surface area contributed by atoms with E-state index in [0.29, 0.717) is 48.6 Å². The lowest BCUT2D eigenvalue weighted by atomic mass is 10.0. The van der Waals surface area contributed by atoms with Crippen LogP contribution in [-0.2, 0) is 11.8 Å². The summed E-state index contributed by atoms with van der Waals surface area (Å²) in [6, 6.07) is 2.64. The van der Waals surface area contributed by atoms with Crippen molar-refractivity contribution in [2.24, 2.45) is 12.1 Å². The third-order valence-corrected chi connectivity index (χ3v) is 5.11. The van der Waals surface area contributed by atoms with Gasteiger partial charge in [0.1, 0.15) is 11.6 Å². The molecule has 0 N–H and O–H groups in total. The van der Waals surface area contributed by atoms with Gasteiger partial charge in [-0.15, -0.1) is 0 Å². The number of aryl methyl sites for hydroxylation is 1. The summed E-state index contributed by atoms with van der Waals surface area (Å²) in [4.78, 5) is 21.3. The highest BCUT2D eigenvalue weighted by Crippen LogP contribution is 2.30. The minimum atomic E-state index is -0.697. The van der Waals surface area contributed by atoms with Crippen LogP contribution in [0, 0.1) is 11.6 Å². The zero-order chi connectivity index (χ0) is 23.4. The predicted molar refractivity (Wildman–Crippen MR) is 117 cm³/mol. The van der Waals surface area contributed by atoms with Gasteiger partial charge in [-0.25, -0.2) is 23.8 Å². The number of hydrogen-bond acceptors (Lipinski definition) is 6. The largest absolute Gasteiger partial charge is 0.477 e. The third-order valence-electron chi connectivity index (χ3n) is 5.11. The van der Waals surface area contributed by atoms with Crippen LogP contribution in [-0.4, -0.2) is 43.5 Å². The molecule has 2 aromatic heterocycles. The van der Waals surface area contributed by atoms with Crippen LogP contribution in [0.1, 0.15) is 30.9 Å². The SMILES string of the molecule is C=C(CCCOc1cnc(-c2cnn(C)c2)cn1)C(=O)N1N=CCC1c1cc(F)cc(F)c1. The molecule has 0 saturated carbocycles. The Morgan fingerprint density at radius 2 is 1.97 bits per heavy atom. The minimum absolute atomic E-state index is 0.315. The fourth-order valence-corrected chi connectivity index (χ4v) is 3.48. The summed E-state index contributed by atoms with van der Waals surface area (Å²) in [5.74, 6) is -1.41. The Hall–Kier alpha value is -3.95. The fourth-order valence-electron chi connectivity index (χ4n) is 3.48. The number of aromatic nitrogens is 4. The highest BCUT2D eigenvalue weighted by atomic mass is 19.1. The van der Waals surface area contributed by atoms with Crippen LogP contribution in [0.5, 0.6) is 5.88 Å². The molecule has 0 radical (unpaired) electrons. The summed E-state index contributed by atoms with van der Waals surface area (Å²) in [5.41, 5.74) is 2.23. The number of halogens is 2. The van der Waals surface area contributed by atoms with Crippen molar-refractivity contribution in [3.05, 3.63) is 72.3 Å². The zero-order valence-electron chi connectivity index (χ0n) is 18.0. The van der Waals surface area contributed by atoms with E-state index in [1.54, 1.807) is 23.3 Å². The van der Waals surface area contributed by atoms with Gasteiger partial charge in [-0.2, -0.15) is 10.2 Å². The van der Waals surface area contributed by atoms with Gasteiger partial charge in [0.15, 0.2) is 0 Å². The maximum absolute atomic E-state index is 13.6. The average molecular weight is 452 g/mol. The van der Waals surface area contributed by atoms with Crippen molar-refractivity contribution in [1.82, 2.24) is 24.8 Å². The predicted octanol–water partition coefficient (Wildman–Crippen LogP) is 3.83. The Morgan fingerprint density at radius 1 is 1.18 bits per heavy atom. The monoisotopic (exact) mass is 452 g/mol. The molecule has 0 spiro atoms. The van der Waals surface area contributed by atoms with Gasteiger partial charge >= 0.3 is 0 Å². The second-order valence-corrected chi connectivity index (χ2v) is 7.60. The van der Waals surface area contributed by atoms with Crippen molar-refractivity contribution >= 4 is 12.1 Å². The quantitative estimate of drug-likeness (QED) is 0.383. The minimum Gasteiger partial charge on any atom is -0.477 e. The van der Waals surface area contributed by atoms with E-state index in [1.165, 1.54) is 23.3 Å². The molecule has 1 aliphatic heterocycles. The van der Waals surface area contributed by atoms with Crippen molar-refractivity contribution in [3.8, 4) is 17.1 Å². The highest BCUT2D eigenvalue weighted by molar-refractivity contribution is 5.94. The van der Waals surface area contributed by atoms with E-state index >= 15 is 0 Å². The lowest BCUT2D eigenvalue weighted by Gasteiger charge is -2.23. The van der Waals surface area contributed by atoms with E-state index in [1.807, 2.05) is 13.2 Å². The molecular weight excluding hydrogens is 430 g/mol. The maximum Gasteiger partial charge on any atom is 0.269 e. The van der Waals surface area contributed by atoms with E-state index in [-0.39, 0.29) is 5.91 Å². The molecule has 0 aliphatic carbocycles. The number of rotatable bonds is 8. The number of carbonyl (C=O) groups excluding carboxylic acids is 1. The van der Waals surface area contributed by atoms with Gasteiger partial charge in [-0.1, -0.05) is 6.58 Å². The van der Waals surface area contributed by atoms with Crippen molar-refractivity contribution in [2.75, 3.05) is 6.61 Å². The lowest BCUT2D eigenvalue weighted by Crippen LogP contribution is -2.28. The molecule has 0 fully saturated rings. The molecule has 4 rings (SSSR count). The Labute approximate surface area is 189 Å². The molecule has 0 bridgehead atoms. The van der Waals surface area contributed by atoms with E-state index in [0.717, 1.165) is 11.6 Å². The van der Waals surface area contributed by atoms with Crippen molar-refractivity contribution in [2.45, 2.75) is 25.3 Å². The van der Waals surface area contributed by atoms with Crippen molar-refractivity contribution in [3.63, 3.8) is 0 Å². The number of benzene rings is 1. The summed E-state index contributed by atoms with van der Waals surface area (Å²) in [6.45, 7) is 4.16. The molecule has 1 aliphatic rings. The number of carbonyl (C=O) groups is 1. The van der Waals surface area contributed by atoms with Gasteiger partial charge in [-0.3, -0.25) is 9.48 Å². The topological polar surface area (TPSA) is 85.5 Å². The van der Waals surface area contributed by atoms with Crippen LogP contribution in [0.4, 0.5) is 8.78 Å². The smallest absolute Gasteiger partial charge is 0.269 e. The first kappa shape index (κ1) is 22.3. The molecule has 33 heavy (non-hydrogen) atoms. The molecule has 1 amide bonds. The average Bonchev–Trinajstić information content (AvgIpc) is 3.45. The Bertz CT molecular complexity index is 1170. The van der Waals surface area contributed by atoms with Crippen LogP contribution < -0.4 is 4.74 Å². The second kappa shape index (κ2) is 9.68. The van der Waals surface area contributed by atoms with E-state index < -0.39 is 17.7 Å². The molecule has 3 aromatic rings. The number of hydrazone groups is 1. The molecular formula is C23H22F2N6O2. The molecule has 170 valence electrons. The summed E-state index contributed by atoms with van der Waals surface area (Å²) in [6.07, 6.45) is 9.50. The molecule has 8 nitrogen and oxygen atoms in total. The van der Waals surface area contributed by atoms with Crippen LogP contribution >= 0.6 is 0 Å². The van der Waals surface area contributed by atoms with Crippen LogP contribution in [0.25, 0.3) is 11.3 Å². The number of amides is 1. The summed E-state index contributed by atoms with van der Waals surface area (Å²) < 4.78 is 34.5. The molecule has 1 unspecified atom stereocenters. The maximum atomic E-state index is 13.6. The number of nitrogens with zero attached hydrogens (tertiary/aromatic N) is 6. The van der Waals surface area contributed by atoms with Gasteiger partial charge < -0.3 is 4.74 Å². The zero-order valence-corrected chi connectivity index (χ0v) is 18.0. The number of ether oxygens (including phenoxy) is 1. The van der Waals surface area contributed by atoms with Gasteiger partial charge in [0, 0.05) is 43.1 Å². The van der Waals surface area contributed by atoms with Gasteiger partial charge in [0.25, 0.3) is 5.91 Å². The highest BCUT2D eigenvalue weighted by Gasteiger charge is 2.30. The van der Waals surface area contributed by atoms with Gasteiger partial charge in [0.05, 0.1) is 36.9 Å². The first-order valence-corrected chi connectivity index (χ1v) is 10.3. The van der Waals surface area contributed by atoms with E-state index in [2.05, 4.69) is 26.7 Å². The van der Waals surface area contributed by atoms with Crippen LogP contribution in [0.2, 0.25) is 0 Å². The summed E-state index contributed by atoms with van der Waals surface area (Å²) in [7, 11) is 1.82. The third kappa shape index (κ3) is 5.28. The fraction of sp³-hybridized carbons (Fsp3) is 0.261. The van der Waals surface area contributed by atoms with Gasteiger partial charge in [-0.05, 0) is 30.5 Å². The van der Waals surface area contributed by atoms with Crippen molar-refractivity contribution in [1.29, 1.82) is 0 Å². The van der Waals surface area contributed by atoms with E-state index in [4.69, 9.17) is 4.74 Å². The molecule has 1 aromatic carbocycles. The molecule has 10 heteroatoms. The van der Waals surface area contributed by atoms with Gasteiger partial charge in [0.2, 0.25) is 5.88 Å². The Morgan fingerprint density at radius 3 is 2.64 bits per heavy atom. The molecule has 0 saturated heterocycles. The van der Waals surface area contributed by atoms with E-state index in [9.17, 15) is 13.6 Å². The normalized spacial score (nSPS) is 15.1. The summed E-state index contributed by atoms with van der Waals surface area (Å²) in [5, 5.41) is 9.41. The van der Waals surface area contributed by atoms with Crippen molar-refractivity contribution < 1.29 is 18.3 Å². The second-order valence-electron chi connectivity index (χ2n) is 7.60. The van der Waals surface area contributed by atoms with Crippen LogP contribution in [0.3, 0.4) is 0 Å². The Kier molecular flexibility index (Phi) is 6.53. The summed E-state index contributed by atoms with van der Waals surface area (Å²) >= 11 is 0. The first-order chi connectivity index (χ1) is 15.9. The molecule has 3 heterocycles. The molecule has 1 atom stereocenters. The first-order valence-electron chi connectivity index (χ1n) is 10.3. The van der Waals surface area contributed by atoms with Crippen LogP contribution in [0.15, 0.2) is 60.2 Å². The standard InChI is InChI=1S/C23H22F2N6O2/c1-15(23(32)31-21(5-6-28-31)16-8-18(24)10-19(25)9-16)4-3-7-33-22-13-26-20(12-27-22)17-11-29-30(2)14-17/h6,8-14,21H,1,3-5,7H2,2H3. The Balaban J connectivity index is 1.27. The lowest BCUT2D eigenvalue weighted by molar-refractivity contribution is -0.129. The number of hydrogen-bond donors (Lipinski definition) is 0.